The van der Waals surface area contributed by atoms with E-state index in [0.29, 0.717) is 35.3 Å². The number of ether oxygens (including phenoxy) is 1. The van der Waals surface area contributed by atoms with Gasteiger partial charge in [-0.05, 0) is 45.0 Å². The normalized spacial score (nSPS) is 11.2. The van der Waals surface area contributed by atoms with Crippen molar-refractivity contribution in [3.8, 4) is 11.3 Å². The highest BCUT2D eigenvalue weighted by Crippen LogP contribution is 2.22. The molecule has 0 N–H and O–H groups in total. The Bertz CT molecular complexity index is 887. The molecule has 0 atom stereocenters. The summed E-state index contributed by atoms with van der Waals surface area (Å²) in [5.41, 5.74) is 1.38. The molecule has 2 aromatic heterocycles. The van der Waals surface area contributed by atoms with Gasteiger partial charge in [0.15, 0.2) is 11.6 Å². The maximum Gasteiger partial charge on any atom is 0.338 e. The Morgan fingerprint density at radius 1 is 1.16 bits per heavy atom. The lowest BCUT2D eigenvalue weighted by Crippen LogP contribution is -2.03. The molecule has 7 nitrogen and oxygen atoms in total. The number of esters is 1. The summed E-state index contributed by atoms with van der Waals surface area (Å²) in [5.74, 6) is 2.37. The predicted molar refractivity (Wildman–Crippen MR) is 92.6 cm³/mol. The number of benzene rings is 1. The van der Waals surface area contributed by atoms with Crippen molar-refractivity contribution < 1.29 is 13.9 Å². The molecule has 128 valence electrons. The Kier molecular flexibility index (Phi) is 4.74. The van der Waals surface area contributed by atoms with Crippen molar-refractivity contribution in [3.05, 3.63) is 59.4 Å². The van der Waals surface area contributed by atoms with Crippen molar-refractivity contribution in [3.63, 3.8) is 0 Å². The molecule has 0 fully saturated rings. The molecule has 0 radical (unpaired) electrons. The van der Waals surface area contributed by atoms with Gasteiger partial charge in [0.25, 0.3) is 0 Å². The minimum absolute atomic E-state index is 0.332. The first-order valence-corrected chi connectivity index (χ1v) is 7.89. The van der Waals surface area contributed by atoms with Crippen LogP contribution in [0.25, 0.3) is 11.3 Å². The van der Waals surface area contributed by atoms with Crippen LogP contribution in [0, 0.1) is 13.8 Å². The topological polar surface area (TPSA) is 82.5 Å². The number of rotatable bonds is 5. The molecule has 7 heteroatoms. The van der Waals surface area contributed by atoms with E-state index in [-0.39, 0.29) is 5.97 Å². The van der Waals surface area contributed by atoms with E-state index < -0.39 is 0 Å². The minimum atomic E-state index is -0.332. The number of nitrogens with zero attached hydrogens (tertiary/aromatic N) is 4. The van der Waals surface area contributed by atoms with Crippen LogP contribution >= 0.6 is 0 Å². The highest BCUT2D eigenvalue weighted by molar-refractivity contribution is 5.90. The zero-order valence-electron chi connectivity index (χ0n) is 14.3. The smallest absolute Gasteiger partial charge is 0.338 e. The first-order valence-electron chi connectivity index (χ1n) is 7.89. The fourth-order valence-corrected chi connectivity index (χ4v) is 2.31. The van der Waals surface area contributed by atoms with Gasteiger partial charge in [-0.3, -0.25) is 0 Å². The van der Waals surface area contributed by atoms with E-state index in [0.717, 1.165) is 5.56 Å². The Morgan fingerprint density at radius 3 is 2.48 bits per heavy atom. The van der Waals surface area contributed by atoms with Crippen LogP contribution in [-0.2, 0) is 4.74 Å². The van der Waals surface area contributed by atoms with Crippen LogP contribution in [0.4, 0.5) is 0 Å². The van der Waals surface area contributed by atoms with Crippen molar-refractivity contribution in [2.75, 3.05) is 6.61 Å². The second-order valence-corrected chi connectivity index (χ2v) is 5.35. The lowest BCUT2D eigenvalue weighted by molar-refractivity contribution is 0.0526. The SMILES string of the molecule is CCOC(=O)c1ccc(-c2ccc(/C=N/n3c(C)nnc3C)o2)cc1. The maximum atomic E-state index is 11.7. The average Bonchev–Trinajstić information content (AvgIpc) is 3.21. The monoisotopic (exact) mass is 338 g/mol. The third-order valence-electron chi connectivity index (χ3n) is 3.56. The summed E-state index contributed by atoms with van der Waals surface area (Å²) in [6.07, 6.45) is 1.61. The molecule has 0 amide bonds. The maximum absolute atomic E-state index is 11.7. The number of carbonyl (C=O) groups is 1. The van der Waals surface area contributed by atoms with Gasteiger partial charge in [0.1, 0.15) is 11.5 Å². The number of hydrogen-bond acceptors (Lipinski definition) is 6. The summed E-state index contributed by atoms with van der Waals surface area (Å²) in [7, 11) is 0. The van der Waals surface area contributed by atoms with Gasteiger partial charge in [-0.1, -0.05) is 12.1 Å². The van der Waals surface area contributed by atoms with Crippen LogP contribution in [0.1, 0.15) is 34.7 Å². The number of carbonyl (C=O) groups excluding carboxylic acids is 1. The molecule has 0 spiro atoms. The van der Waals surface area contributed by atoms with Crippen molar-refractivity contribution in [1.82, 2.24) is 14.9 Å². The minimum Gasteiger partial charge on any atom is -0.462 e. The number of aryl methyl sites for hydroxylation is 2. The van der Waals surface area contributed by atoms with Gasteiger partial charge in [-0.25, -0.2) is 9.47 Å². The number of furan rings is 1. The van der Waals surface area contributed by atoms with Crippen LogP contribution in [0.2, 0.25) is 0 Å². The Hall–Kier alpha value is -3.22. The molecule has 0 aliphatic rings. The zero-order chi connectivity index (χ0) is 17.8. The Labute approximate surface area is 144 Å². The zero-order valence-corrected chi connectivity index (χ0v) is 14.3. The second-order valence-electron chi connectivity index (χ2n) is 5.35. The van der Waals surface area contributed by atoms with E-state index in [4.69, 9.17) is 9.15 Å². The summed E-state index contributed by atoms with van der Waals surface area (Å²) in [4.78, 5) is 11.7. The highest BCUT2D eigenvalue weighted by atomic mass is 16.5. The fourth-order valence-electron chi connectivity index (χ4n) is 2.31. The van der Waals surface area contributed by atoms with E-state index in [9.17, 15) is 4.79 Å². The third-order valence-corrected chi connectivity index (χ3v) is 3.56. The number of hydrogen-bond donors (Lipinski definition) is 0. The average molecular weight is 338 g/mol. The van der Waals surface area contributed by atoms with Crippen LogP contribution in [0.5, 0.6) is 0 Å². The van der Waals surface area contributed by atoms with E-state index >= 15 is 0 Å². The molecule has 1 aromatic carbocycles. The summed E-state index contributed by atoms with van der Waals surface area (Å²) in [6, 6.07) is 10.8. The third kappa shape index (κ3) is 3.65. The van der Waals surface area contributed by atoms with Gasteiger partial charge in [-0.2, -0.15) is 5.10 Å². The molecular weight excluding hydrogens is 320 g/mol. The quantitative estimate of drug-likeness (QED) is 0.527. The summed E-state index contributed by atoms with van der Waals surface area (Å²) >= 11 is 0. The van der Waals surface area contributed by atoms with Gasteiger partial charge in [-0.15, -0.1) is 10.2 Å². The van der Waals surface area contributed by atoms with Crippen molar-refractivity contribution in [2.45, 2.75) is 20.8 Å². The molecule has 3 aromatic rings. The Balaban J connectivity index is 1.76. The van der Waals surface area contributed by atoms with E-state index in [1.54, 1.807) is 29.9 Å². The van der Waals surface area contributed by atoms with Gasteiger partial charge < -0.3 is 9.15 Å². The largest absolute Gasteiger partial charge is 0.462 e. The van der Waals surface area contributed by atoms with Gasteiger partial charge >= 0.3 is 5.97 Å². The molecule has 0 saturated carbocycles. The lowest BCUT2D eigenvalue weighted by Gasteiger charge is -2.02. The molecule has 25 heavy (non-hydrogen) atoms. The number of aromatic nitrogens is 3. The van der Waals surface area contributed by atoms with Crippen molar-refractivity contribution >= 4 is 12.2 Å². The van der Waals surface area contributed by atoms with Crippen LogP contribution in [0.15, 0.2) is 45.9 Å². The van der Waals surface area contributed by atoms with Crippen molar-refractivity contribution in [1.29, 1.82) is 0 Å². The summed E-state index contributed by atoms with van der Waals surface area (Å²) in [5, 5.41) is 12.2. The molecular formula is C18H18N4O3. The van der Waals surface area contributed by atoms with Crippen molar-refractivity contribution in [2.24, 2.45) is 5.10 Å². The van der Waals surface area contributed by atoms with E-state index in [1.807, 2.05) is 38.1 Å². The standard InChI is InChI=1S/C18H18N4O3/c1-4-24-18(23)15-7-5-14(6-8-15)17-10-9-16(25-17)11-19-22-12(2)20-21-13(22)3/h5-11H,4H2,1-3H3/b19-11+. The van der Waals surface area contributed by atoms with Crippen LogP contribution in [0.3, 0.4) is 0 Å². The summed E-state index contributed by atoms with van der Waals surface area (Å²) < 4.78 is 12.4. The molecule has 0 bridgehead atoms. The first kappa shape index (κ1) is 16.6. The molecule has 0 saturated heterocycles. The van der Waals surface area contributed by atoms with E-state index in [2.05, 4.69) is 15.3 Å². The van der Waals surface area contributed by atoms with Gasteiger partial charge in [0, 0.05) is 5.56 Å². The molecule has 3 rings (SSSR count). The second kappa shape index (κ2) is 7.12. The van der Waals surface area contributed by atoms with Gasteiger partial charge in [0.05, 0.1) is 18.4 Å². The Morgan fingerprint density at radius 2 is 1.84 bits per heavy atom. The van der Waals surface area contributed by atoms with Crippen LogP contribution in [-0.4, -0.2) is 33.7 Å². The van der Waals surface area contributed by atoms with E-state index in [1.165, 1.54) is 0 Å². The molecule has 2 heterocycles. The summed E-state index contributed by atoms with van der Waals surface area (Å²) in [6.45, 7) is 5.79. The van der Waals surface area contributed by atoms with Crippen LogP contribution < -0.4 is 0 Å². The van der Waals surface area contributed by atoms with Gasteiger partial charge in [0.2, 0.25) is 0 Å². The molecule has 0 unspecified atom stereocenters. The fraction of sp³-hybridized carbons (Fsp3) is 0.222. The predicted octanol–water partition coefficient (Wildman–Crippen LogP) is 3.21. The molecule has 0 aliphatic heterocycles. The highest BCUT2D eigenvalue weighted by Gasteiger charge is 2.08. The lowest BCUT2D eigenvalue weighted by atomic mass is 10.1. The molecule has 0 aliphatic carbocycles. The first-order chi connectivity index (χ1) is 12.1.